The monoisotopic (exact) mass is 326 g/mol. The normalized spacial score (nSPS) is 12.6. The molecule has 0 bridgehead atoms. The Hall–Kier alpha value is -3.34. The Kier molecular flexibility index (Phi) is 2.85. The number of rotatable bonds is 2. The molecule has 0 radical (unpaired) electrons. The molecule has 1 N–H and O–H groups in total. The zero-order valence-electron chi connectivity index (χ0n) is 14.0. The van der Waals surface area contributed by atoms with Gasteiger partial charge in [0.1, 0.15) is 5.65 Å². The van der Waals surface area contributed by atoms with Crippen molar-refractivity contribution in [1.29, 1.82) is 0 Å². The Labute approximate surface area is 144 Å². The molecule has 0 atom stereocenters. The Morgan fingerprint density at radius 2 is 1.92 bits per heavy atom. The molecular formula is C20H16N5+. The van der Waals surface area contributed by atoms with Gasteiger partial charge in [-0.1, -0.05) is 10.8 Å². The largest absolute Gasteiger partial charge is 0.346 e. The fraction of sp³-hybridized carbons (Fsp3) is 0.100. The van der Waals surface area contributed by atoms with E-state index in [2.05, 4.69) is 51.3 Å². The molecule has 0 unspecified atom stereocenters. The minimum Gasteiger partial charge on any atom is -0.346 e. The van der Waals surface area contributed by atoms with E-state index >= 15 is 0 Å². The number of nitrogens with zero attached hydrogens (tertiary/aromatic N) is 4. The Morgan fingerprint density at radius 3 is 2.76 bits per heavy atom. The van der Waals surface area contributed by atoms with Gasteiger partial charge in [-0.15, -0.1) is 0 Å². The van der Waals surface area contributed by atoms with Crippen LogP contribution in [-0.4, -0.2) is 26.7 Å². The van der Waals surface area contributed by atoms with E-state index in [-0.39, 0.29) is 0 Å². The first-order valence-corrected chi connectivity index (χ1v) is 8.18. The zero-order valence-corrected chi connectivity index (χ0v) is 14.0. The number of H-pyrrole nitrogens is 1. The van der Waals surface area contributed by atoms with Crippen molar-refractivity contribution < 1.29 is 4.70 Å². The number of azo groups is 2. The molecule has 120 valence electrons. The molecular weight excluding hydrogens is 310 g/mol. The van der Waals surface area contributed by atoms with Crippen molar-refractivity contribution in [2.75, 3.05) is 7.05 Å². The fourth-order valence-corrected chi connectivity index (χ4v) is 3.36. The first-order valence-electron chi connectivity index (χ1n) is 8.18. The van der Waals surface area contributed by atoms with E-state index < -0.39 is 0 Å². The number of fused-ring (bicyclic) bond motifs is 2. The predicted octanol–water partition coefficient (Wildman–Crippen LogP) is 4.97. The summed E-state index contributed by atoms with van der Waals surface area (Å²) in [5, 5.41) is 5.45. The zero-order chi connectivity index (χ0) is 17.0. The highest BCUT2D eigenvalue weighted by Crippen LogP contribution is 2.40. The molecule has 1 aliphatic heterocycles. The maximum atomic E-state index is 4.60. The third kappa shape index (κ3) is 2.09. The highest BCUT2D eigenvalue weighted by molar-refractivity contribution is 5.96. The van der Waals surface area contributed by atoms with E-state index in [9.17, 15) is 0 Å². The predicted molar refractivity (Wildman–Crippen MR) is 97.4 cm³/mol. The van der Waals surface area contributed by atoms with Crippen LogP contribution in [-0.2, 0) is 0 Å². The first-order chi connectivity index (χ1) is 12.2. The van der Waals surface area contributed by atoms with Crippen LogP contribution in [0.4, 0.5) is 11.4 Å². The number of aromatic amines is 1. The lowest BCUT2D eigenvalue weighted by Gasteiger charge is -2.08. The number of pyridine rings is 2. The Balaban J connectivity index is 1.68. The second-order valence-electron chi connectivity index (χ2n) is 6.34. The highest BCUT2D eigenvalue weighted by atomic mass is 15.3. The molecule has 0 aliphatic carbocycles. The van der Waals surface area contributed by atoms with Crippen LogP contribution < -0.4 is 0 Å². The molecule has 3 aromatic heterocycles. The number of nitrogens with one attached hydrogen (secondary N) is 1. The maximum absolute atomic E-state index is 4.60. The SMILES string of the molecule is Cc1ccncc1-c1cnc2[nH]cc(-c3ccc4c(c3)[N+](C)=N4)c2c1. The molecule has 0 amide bonds. The van der Waals surface area contributed by atoms with Gasteiger partial charge in [0.15, 0.2) is 7.05 Å². The Bertz CT molecular complexity index is 1170. The molecule has 0 saturated heterocycles. The maximum Gasteiger partial charge on any atom is 0.263 e. The highest BCUT2D eigenvalue weighted by Gasteiger charge is 2.25. The molecule has 25 heavy (non-hydrogen) atoms. The van der Waals surface area contributed by atoms with Crippen molar-refractivity contribution >= 4 is 22.4 Å². The third-order valence-electron chi connectivity index (χ3n) is 4.77. The standard InChI is InChI=1S/C20H15N5/c1-12-5-6-21-10-16(12)14-7-15-17(11-23-20(15)22-9-14)13-3-4-18-19(8-13)25(2)24-18/h3-11H,1-2H3/p+1. The van der Waals surface area contributed by atoms with E-state index in [1.807, 2.05) is 42.6 Å². The average molecular weight is 326 g/mol. The molecule has 0 fully saturated rings. The van der Waals surface area contributed by atoms with E-state index in [0.29, 0.717) is 0 Å². The smallest absolute Gasteiger partial charge is 0.263 e. The second-order valence-corrected chi connectivity index (χ2v) is 6.34. The second kappa shape index (κ2) is 5.08. The van der Waals surface area contributed by atoms with Gasteiger partial charge in [0, 0.05) is 58.0 Å². The van der Waals surface area contributed by atoms with Crippen molar-refractivity contribution in [2.45, 2.75) is 6.92 Å². The number of aromatic nitrogens is 3. The lowest BCUT2D eigenvalue weighted by atomic mass is 10.00. The molecule has 1 aromatic carbocycles. The van der Waals surface area contributed by atoms with Gasteiger partial charge in [-0.3, -0.25) is 4.98 Å². The van der Waals surface area contributed by atoms with Crippen LogP contribution in [0.25, 0.3) is 33.3 Å². The summed E-state index contributed by atoms with van der Waals surface area (Å²) in [6.07, 6.45) is 7.63. The summed E-state index contributed by atoms with van der Waals surface area (Å²) >= 11 is 0. The summed E-state index contributed by atoms with van der Waals surface area (Å²) in [6, 6.07) is 10.6. The first kappa shape index (κ1) is 14.0. The minimum absolute atomic E-state index is 0.890. The van der Waals surface area contributed by atoms with Crippen molar-refractivity contribution in [3.05, 3.63) is 60.7 Å². The molecule has 5 nitrogen and oxygen atoms in total. The summed E-state index contributed by atoms with van der Waals surface area (Å²) in [4.78, 5) is 12.1. The van der Waals surface area contributed by atoms with Crippen molar-refractivity contribution in [3.8, 4) is 22.3 Å². The third-order valence-corrected chi connectivity index (χ3v) is 4.77. The van der Waals surface area contributed by atoms with Gasteiger partial charge in [-0.25, -0.2) is 4.98 Å². The summed E-state index contributed by atoms with van der Waals surface area (Å²) < 4.78 is 1.90. The number of benzene rings is 1. The average Bonchev–Trinajstić information content (AvgIpc) is 3.04. The summed E-state index contributed by atoms with van der Waals surface area (Å²) in [5.74, 6) is 0. The van der Waals surface area contributed by atoms with Crippen LogP contribution in [0, 0.1) is 6.92 Å². The number of hydrogen-bond acceptors (Lipinski definition) is 3. The van der Waals surface area contributed by atoms with E-state index in [1.165, 1.54) is 5.56 Å². The van der Waals surface area contributed by atoms with E-state index in [0.717, 1.165) is 44.7 Å². The molecule has 5 heteroatoms. The van der Waals surface area contributed by atoms with E-state index in [4.69, 9.17) is 0 Å². The van der Waals surface area contributed by atoms with Gasteiger partial charge in [-0.05, 0) is 36.2 Å². The van der Waals surface area contributed by atoms with Gasteiger partial charge in [0.05, 0.1) is 0 Å². The van der Waals surface area contributed by atoms with Crippen LogP contribution >= 0.6 is 0 Å². The lowest BCUT2D eigenvalue weighted by Crippen LogP contribution is -2.02. The van der Waals surface area contributed by atoms with Crippen LogP contribution in [0.15, 0.2) is 60.2 Å². The van der Waals surface area contributed by atoms with Crippen LogP contribution in [0.2, 0.25) is 0 Å². The van der Waals surface area contributed by atoms with Crippen LogP contribution in [0.5, 0.6) is 0 Å². The lowest BCUT2D eigenvalue weighted by molar-refractivity contribution is -0.494. The summed E-state index contributed by atoms with van der Waals surface area (Å²) in [5.41, 5.74) is 8.77. The molecule has 1 aliphatic rings. The van der Waals surface area contributed by atoms with Gasteiger partial charge in [0.2, 0.25) is 5.69 Å². The van der Waals surface area contributed by atoms with Gasteiger partial charge in [-0.2, -0.15) is 0 Å². The molecule has 4 heterocycles. The van der Waals surface area contributed by atoms with Crippen molar-refractivity contribution in [2.24, 2.45) is 5.11 Å². The molecule has 0 spiro atoms. The quantitative estimate of drug-likeness (QED) is 0.529. The summed E-state index contributed by atoms with van der Waals surface area (Å²) in [6.45, 7) is 2.09. The number of aryl methyl sites for hydroxylation is 1. The van der Waals surface area contributed by atoms with Crippen LogP contribution in [0.3, 0.4) is 0 Å². The molecule has 4 aromatic rings. The van der Waals surface area contributed by atoms with E-state index in [1.54, 1.807) is 0 Å². The topological polar surface area (TPSA) is 56.9 Å². The minimum atomic E-state index is 0.890. The Morgan fingerprint density at radius 1 is 1.00 bits per heavy atom. The van der Waals surface area contributed by atoms with Crippen molar-refractivity contribution in [3.63, 3.8) is 0 Å². The fourth-order valence-electron chi connectivity index (χ4n) is 3.36. The molecule has 0 saturated carbocycles. The van der Waals surface area contributed by atoms with Crippen molar-refractivity contribution in [1.82, 2.24) is 15.0 Å². The van der Waals surface area contributed by atoms with Gasteiger partial charge >= 0.3 is 0 Å². The summed E-state index contributed by atoms with van der Waals surface area (Å²) in [7, 11) is 1.96. The molecule has 5 rings (SSSR count). The van der Waals surface area contributed by atoms with Gasteiger partial charge in [0.25, 0.3) is 5.69 Å². The van der Waals surface area contributed by atoms with Crippen LogP contribution in [0.1, 0.15) is 5.56 Å². The number of hydrogen-bond donors (Lipinski definition) is 1. The van der Waals surface area contributed by atoms with Gasteiger partial charge < -0.3 is 4.98 Å².